The van der Waals surface area contributed by atoms with Gasteiger partial charge in [0.05, 0.1) is 4.90 Å². The van der Waals surface area contributed by atoms with E-state index in [1.54, 1.807) is 6.92 Å². The van der Waals surface area contributed by atoms with Gasteiger partial charge in [0.25, 0.3) is 5.91 Å². The second kappa shape index (κ2) is 5.79. The SMILES string of the molecule is C=C(C)CNS(=O)(=O)c1ccc(C(=O)NC)cc1. The monoisotopic (exact) mass is 268 g/mol. The van der Waals surface area contributed by atoms with Crippen molar-refractivity contribution in [3.05, 3.63) is 42.0 Å². The molecule has 0 unspecified atom stereocenters. The highest BCUT2D eigenvalue weighted by molar-refractivity contribution is 7.89. The third kappa shape index (κ3) is 3.68. The first kappa shape index (κ1) is 14.4. The van der Waals surface area contributed by atoms with Gasteiger partial charge in [-0.3, -0.25) is 4.79 Å². The lowest BCUT2D eigenvalue weighted by atomic mass is 10.2. The summed E-state index contributed by atoms with van der Waals surface area (Å²) in [4.78, 5) is 11.4. The first-order valence-electron chi connectivity index (χ1n) is 5.33. The summed E-state index contributed by atoms with van der Waals surface area (Å²) in [5.74, 6) is -0.256. The highest BCUT2D eigenvalue weighted by atomic mass is 32.2. The highest BCUT2D eigenvalue weighted by Gasteiger charge is 2.13. The molecule has 0 aromatic heterocycles. The Balaban J connectivity index is 2.91. The largest absolute Gasteiger partial charge is 0.355 e. The molecule has 0 aliphatic rings. The van der Waals surface area contributed by atoms with E-state index >= 15 is 0 Å². The first-order chi connectivity index (χ1) is 8.36. The van der Waals surface area contributed by atoms with Crippen LogP contribution in [0.3, 0.4) is 0 Å². The van der Waals surface area contributed by atoms with Crippen LogP contribution in [0.2, 0.25) is 0 Å². The van der Waals surface area contributed by atoms with Gasteiger partial charge in [0, 0.05) is 19.2 Å². The number of rotatable bonds is 5. The van der Waals surface area contributed by atoms with Crippen LogP contribution in [0.1, 0.15) is 17.3 Å². The van der Waals surface area contributed by atoms with E-state index < -0.39 is 10.0 Å². The van der Waals surface area contributed by atoms with Gasteiger partial charge in [-0.2, -0.15) is 0 Å². The van der Waals surface area contributed by atoms with Crippen LogP contribution in [0.25, 0.3) is 0 Å². The molecule has 1 aromatic carbocycles. The van der Waals surface area contributed by atoms with Crippen molar-refractivity contribution < 1.29 is 13.2 Å². The van der Waals surface area contributed by atoms with Gasteiger partial charge in [-0.25, -0.2) is 13.1 Å². The van der Waals surface area contributed by atoms with Gasteiger partial charge in [-0.05, 0) is 31.2 Å². The average Bonchev–Trinajstić information content (AvgIpc) is 2.36. The Morgan fingerprint density at radius 2 is 1.83 bits per heavy atom. The summed E-state index contributed by atoms with van der Waals surface area (Å²) < 4.78 is 26.1. The molecule has 1 rings (SSSR count). The second-order valence-electron chi connectivity index (χ2n) is 3.89. The Bertz CT molecular complexity index is 547. The van der Waals surface area contributed by atoms with Crippen molar-refractivity contribution in [3.63, 3.8) is 0 Å². The smallest absolute Gasteiger partial charge is 0.251 e. The van der Waals surface area contributed by atoms with Gasteiger partial charge in [-0.15, -0.1) is 0 Å². The number of amides is 1. The predicted molar refractivity (Wildman–Crippen MR) is 69.8 cm³/mol. The Hall–Kier alpha value is -1.66. The first-order valence-corrected chi connectivity index (χ1v) is 6.81. The van der Waals surface area contributed by atoms with E-state index in [1.807, 2.05) is 0 Å². The van der Waals surface area contributed by atoms with Gasteiger partial charge >= 0.3 is 0 Å². The Morgan fingerprint density at radius 3 is 2.28 bits per heavy atom. The minimum absolute atomic E-state index is 0.122. The zero-order valence-corrected chi connectivity index (χ0v) is 11.2. The lowest BCUT2D eigenvalue weighted by Crippen LogP contribution is -2.25. The van der Waals surface area contributed by atoms with Gasteiger partial charge < -0.3 is 5.32 Å². The molecule has 18 heavy (non-hydrogen) atoms. The molecule has 6 heteroatoms. The van der Waals surface area contributed by atoms with Gasteiger partial charge in [0.1, 0.15) is 0 Å². The molecule has 2 N–H and O–H groups in total. The van der Waals surface area contributed by atoms with E-state index in [4.69, 9.17) is 0 Å². The summed E-state index contributed by atoms with van der Waals surface area (Å²) in [6.07, 6.45) is 0. The Labute approximate surface area is 107 Å². The normalized spacial score (nSPS) is 11.0. The van der Waals surface area contributed by atoms with E-state index in [1.165, 1.54) is 31.3 Å². The van der Waals surface area contributed by atoms with Crippen molar-refractivity contribution in [1.82, 2.24) is 10.0 Å². The van der Waals surface area contributed by atoms with Gasteiger partial charge in [-0.1, -0.05) is 12.2 Å². The molecule has 0 fully saturated rings. The zero-order valence-electron chi connectivity index (χ0n) is 10.4. The molecule has 0 bridgehead atoms. The number of carbonyl (C=O) groups is 1. The molecule has 0 aliphatic carbocycles. The quantitative estimate of drug-likeness (QED) is 0.779. The van der Waals surface area contributed by atoms with Gasteiger partial charge in [0.2, 0.25) is 10.0 Å². The van der Waals surface area contributed by atoms with E-state index in [0.29, 0.717) is 5.56 Å². The summed E-state index contributed by atoms with van der Waals surface area (Å²) in [6, 6.07) is 5.72. The molecular formula is C12H16N2O3S. The number of sulfonamides is 1. The fourth-order valence-electron chi connectivity index (χ4n) is 1.23. The molecule has 0 spiro atoms. The summed E-state index contributed by atoms with van der Waals surface area (Å²) in [5.41, 5.74) is 1.14. The maximum atomic E-state index is 11.8. The lowest BCUT2D eigenvalue weighted by Gasteiger charge is -2.07. The minimum atomic E-state index is -3.55. The van der Waals surface area contributed by atoms with Gasteiger partial charge in [0.15, 0.2) is 0 Å². The van der Waals surface area contributed by atoms with E-state index in [9.17, 15) is 13.2 Å². The van der Waals surface area contributed by atoms with Crippen LogP contribution in [-0.2, 0) is 10.0 Å². The number of carbonyl (C=O) groups excluding carboxylic acids is 1. The number of nitrogens with one attached hydrogen (secondary N) is 2. The maximum Gasteiger partial charge on any atom is 0.251 e. The number of hydrogen-bond acceptors (Lipinski definition) is 3. The van der Waals surface area contributed by atoms with Crippen molar-refractivity contribution in [1.29, 1.82) is 0 Å². The maximum absolute atomic E-state index is 11.8. The summed E-state index contributed by atoms with van der Waals surface area (Å²) in [5, 5.41) is 2.46. The van der Waals surface area contributed by atoms with E-state index in [0.717, 1.165) is 5.57 Å². The standard InChI is InChI=1S/C12H16N2O3S/c1-9(2)8-14-18(16,17)11-6-4-10(5-7-11)12(15)13-3/h4-7,14H,1,8H2,2-3H3,(H,13,15). The Kier molecular flexibility index (Phi) is 4.63. The molecule has 0 saturated carbocycles. The Morgan fingerprint density at radius 1 is 1.28 bits per heavy atom. The number of benzene rings is 1. The third-order valence-corrected chi connectivity index (χ3v) is 3.63. The highest BCUT2D eigenvalue weighted by Crippen LogP contribution is 2.10. The van der Waals surface area contributed by atoms with E-state index in [2.05, 4.69) is 16.6 Å². The fraction of sp³-hybridized carbons (Fsp3) is 0.250. The second-order valence-corrected chi connectivity index (χ2v) is 5.65. The van der Waals surface area contributed by atoms with Crippen LogP contribution in [-0.4, -0.2) is 27.9 Å². The molecule has 1 aromatic rings. The molecule has 0 aliphatic heterocycles. The predicted octanol–water partition coefficient (Wildman–Crippen LogP) is 0.901. The van der Waals surface area contributed by atoms with Crippen molar-refractivity contribution >= 4 is 15.9 Å². The van der Waals surface area contributed by atoms with Crippen LogP contribution < -0.4 is 10.0 Å². The van der Waals surface area contributed by atoms with Crippen LogP contribution in [0.4, 0.5) is 0 Å². The van der Waals surface area contributed by atoms with Crippen LogP contribution in [0.15, 0.2) is 41.3 Å². The molecule has 0 atom stereocenters. The molecule has 0 saturated heterocycles. The minimum Gasteiger partial charge on any atom is -0.355 e. The van der Waals surface area contributed by atoms with Crippen LogP contribution in [0, 0.1) is 0 Å². The molecule has 0 radical (unpaired) electrons. The van der Waals surface area contributed by atoms with Crippen LogP contribution >= 0.6 is 0 Å². The van der Waals surface area contributed by atoms with Crippen molar-refractivity contribution in [2.24, 2.45) is 0 Å². The van der Waals surface area contributed by atoms with Crippen molar-refractivity contribution in [2.45, 2.75) is 11.8 Å². The summed E-state index contributed by atoms with van der Waals surface area (Å²) in [6.45, 7) is 5.55. The summed E-state index contributed by atoms with van der Waals surface area (Å²) in [7, 11) is -2.03. The van der Waals surface area contributed by atoms with E-state index in [-0.39, 0.29) is 17.3 Å². The topological polar surface area (TPSA) is 75.3 Å². The summed E-state index contributed by atoms with van der Waals surface area (Å²) >= 11 is 0. The number of hydrogen-bond donors (Lipinski definition) is 2. The molecular weight excluding hydrogens is 252 g/mol. The third-order valence-electron chi connectivity index (χ3n) is 2.22. The molecule has 1 amide bonds. The fourth-order valence-corrected chi connectivity index (χ4v) is 2.33. The average molecular weight is 268 g/mol. The molecule has 98 valence electrons. The molecule has 0 heterocycles. The van der Waals surface area contributed by atoms with Crippen molar-refractivity contribution in [3.8, 4) is 0 Å². The van der Waals surface area contributed by atoms with Crippen molar-refractivity contribution in [2.75, 3.05) is 13.6 Å². The van der Waals surface area contributed by atoms with Crippen LogP contribution in [0.5, 0.6) is 0 Å². The zero-order chi connectivity index (χ0) is 13.8. The lowest BCUT2D eigenvalue weighted by molar-refractivity contribution is 0.0963. The molecule has 5 nitrogen and oxygen atoms in total.